The monoisotopic (exact) mass is 339 g/mol. The number of pyridine rings is 1. The first-order valence-electron chi connectivity index (χ1n) is 7.64. The van der Waals surface area contributed by atoms with Gasteiger partial charge in [-0.3, -0.25) is 9.78 Å². The number of aryl methyl sites for hydroxylation is 2. The van der Waals surface area contributed by atoms with E-state index >= 15 is 0 Å². The Morgan fingerprint density at radius 3 is 2.62 bits per heavy atom. The summed E-state index contributed by atoms with van der Waals surface area (Å²) in [6.45, 7) is 5.59. The molecule has 3 aromatic rings. The number of hydrogen-bond acceptors (Lipinski definition) is 3. The minimum atomic E-state index is -0.121. The fourth-order valence-corrected chi connectivity index (χ4v) is 2.93. The van der Waals surface area contributed by atoms with E-state index in [0.717, 1.165) is 27.8 Å². The van der Waals surface area contributed by atoms with E-state index in [1.807, 2.05) is 12.1 Å². The standard InChI is InChI=1S/C19H18ClN3O/c1-11-8-12(2)19-15(9-11)17(6-7-21-19)23-18-10-14(22-13(3)24)4-5-16(18)20/h4-10H,1-3H3,(H,21,23)(H,22,24). The number of hydrogen-bond donors (Lipinski definition) is 2. The van der Waals surface area contributed by atoms with Crippen LogP contribution in [0.3, 0.4) is 0 Å². The smallest absolute Gasteiger partial charge is 0.221 e. The van der Waals surface area contributed by atoms with E-state index in [-0.39, 0.29) is 5.91 Å². The van der Waals surface area contributed by atoms with Crippen molar-refractivity contribution >= 4 is 45.5 Å². The Labute approximate surface area is 145 Å². The van der Waals surface area contributed by atoms with Crippen molar-refractivity contribution in [1.29, 1.82) is 0 Å². The van der Waals surface area contributed by atoms with Crippen LogP contribution in [0.5, 0.6) is 0 Å². The minimum Gasteiger partial charge on any atom is -0.354 e. The molecule has 0 unspecified atom stereocenters. The summed E-state index contributed by atoms with van der Waals surface area (Å²) in [4.78, 5) is 15.7. The highest BCUT2D eigenvalue weighted by atomic mass is 35.5. The molecule has 122 valence electrons. The Kier molecular flexibility index (Phi) is 4.40. The summed E-state index contributed by atoms with van der Waals surface area (Å²) in [5.41, 5.74) is 5.61. The SMILES string of the molecule is CC(=O)Nc1ccc(Cl)c(Nc2ccnc3c(C)cc(C)cc23)c1. The Morgan fingerprint density at radius 1 is 1.08 bits per heavy atom. The molecule has 0 atom stereocenters. The summed E-state index contributed by atoms with van der Waals surface area (Å²) in [6.07, 6.45) is 1.78. The number of carbonyl (C=O) groups excluding carboxylic acids is 1. The molecule has 0 saturated carbocycles. The number of nitrogens with one attached hydrogen (secondary N) is 2. The van der Waals surface area contributed by atoms with E-state index in [9.17, 15) is 4.79 Å². The van der Waals surface area contributed by atoms with Gasteiger partial charge in [0.15, 0.2) is 0 Å². The third kappa shape index (κ3) is 3.34. The second-order valence-electron chi connectivity index (χ2n) is 5.84. The zero-order valence-corrected chi connectivity index (χ0v) is 14.5. The lowest BCUT2D eigenvalue weighted by Gasteiger charge is -2.14. The first-order valence-corrected chi connectivity index (χ1v) is 8.02. The van der Waals surface area contributed by atoms with Crippen molar-refractivity contribution in [3.8, 4) is 0 Å². The largest absolute Gasteiger partial charge is 0.354 e. The van der Waals surface area contributed by atoms with Crippen LogP contribution in [-0.4, -0.2) is 10.9 Å². The second-order valence-corrected chi connectivity index (χ2v) is 6.24. The third-order valence-electron chi connectivity index (χ3n) is 3.74. The normalized spacial score (nSPS) is 10.7. The van der Waals surface area contributed by atoms with Crippen molar-refractivity contribution in [2.24, 2.45) is 0 Å². The van der Waals surface area contributed by atoms with E-state index in [4.69, 9.17) is 11.6 Å². The molecule has 0 bridgehead atoms. The van der Waals surface area contributed by atoms with Crippen LogP contribution >= 0.6 is 11.6 Å². The molecule has 0 radical (unpaired) electrons. The molecule has 1 aromatic heterocycles. The van der Waals surface area contributed by atoms with Crippen LogP contribution in [0.4, 0.5) is 17.1 Å². The number of amides is 1. The molecular formula is C19H18ClN3O. The molecule has 0 aliphatic heterocycles. The molecule has 3 rings (SSSR count). The molecule has 2 aromatic carbocycles. The summed E-state index contributed by atoms with van der Waals surface area (Å²) in [5, 5.41) is 7.74. The summed E-state index contributed by atoms with van der Waals surface area (Å²) in [6, 6.07) is 11.5. The van der Waals surface area contributed by atoms with Gasteiger partial charge in [0.1, 0.15) is 0 Å². The fourth-order valence-electron chi connectivity index (χ4n) is 2.77. The van der Waals surface area contributed by atoms with Gasteiger partial charge in [-0.2, -0.15) is 0 Å². The van der Waals surface area contributed by atoms with Gasteiger partial charge in [-0.1, -0.05) is 23.2 Å². The van der Waals surface area contributed by atoms with Gasteiger partial charge in [-0.15, -0.1) is 0 Å². The van der Waals surface area contributed by atoms with E-state index < -0.39 is 0 Å². The number of carbonyl (C=O) groups is 1. The van der Waals surface area contributed by atoms with Crippen LogP contribution in [0.2, 0.25) is 5.02 Å². The molecule has 2 N–H and O–H groups in total. The maximum absolute atomic E-state index is 11.2. The molecule has 1 heterocycles. The number of anilines is 3. The van der Waals surface area contributed by atoms with Crippen LogP contribution in [0, 0.1) is 13.8 Å². The topological polar surface area (TPSA) is 54.0 Å². The second kappa shape index (κ2) is 6.49. The van der Waals surface area contributed by atoms with Gasteiger partial charge in [0.05, 0.1) is 16.2 Å². The van der Waals surface area contributed by atoms with Crippen LogP contribution < -0.4 is 10.6 Å². The molecule has 1 amide bonds. The predicted octanol–water partition coefficient (Wildman–Crippen LogP) is 5.21. The Bertz CT molecular complexity index is 937. The quantitative estimate of drug-likeness (QED) is 0.689. The zero-order valence-electron chi connectivity index (χ0n) is 13.8. The molecule has 0 aliphatic rings. The predicted molar refractivity (Wildman–Crippen MR) is 100 cm³/mol. The number of fused-ring (bicyclic) bond motifs is 1. The van der Waals surface area contributed by atoms with Gasteiger partial charge >= 0.3 is 0 Å². The molecule has 24 heavy (non-hydrogen) atoms. The third-order valence-corrected chi connectivity index (χ3v) is 4.07. The molecule has 5 heteroatoms. The highest BCUT2D eigenvalue weighted by molar-refractivity contribution is 6.33. The van der Waals surface area contributed by atoms with Gasteiger partial charge < -0.3 is 10.6 Å². The van der Waals surface area contributed by atoms with E-state index in [0.29, 0.717) is 10.7 Å². The van der Waals surface area contributed by atoms with Crippen molar-refractivity contribution in [2.45, 2.75) is 20.8 Å². The van der Waals surface area contributed by atoms with Gasteiger partial charge in [0, 0.05) is 29.9 Å². The average Bonchev–Trinajstić information content (AvgIpc) is 2.51. The summed E-state index contributed by atoms with van der Waals surface area (Å²) in [5.74, 6) is -0.121. The van der Waals surface area contributed by atoms with Crippen LogP contribution in [0.1, 0.15) is 18.1 Å². The van der Waals surface area contributed by atoms with Gasteiger partial charge in [-0.25, -0.2) is 0 Å². The molecule has 4 nitrogen and oxygen atoms in total. The first-order chi connectivity index (χ1) is 11.4. The molecule has 0 saturated heterocycles. The summed E-state index contributed by atoms with van der Waals surface area (Å²) >= 11 is 6.31. The Hall–Kier alpha value is -2.59. The van der Waals surface area contributed by atoms with Crippen molar-refractivity contribution < 1.29 is 4.79 Å². The number of halogens is 1. The van der Waals surface area contributed by atoms with Crippen molar-refractivity contribution in [1.82, 2.24) is 4.98 Å². The number of nitrogens with zero attached hydrogens (tertiary/aromatic N) is 1. The van der Waals surface area contributed by atoms with Crippen LogP contribution in [0.15, 0.2) is 42.6 Å². The lowest BCUT2D eigenvalue weighted by atomic mass is 10.1. The molecule has 0 fully saturated rings. The first kappa shape index (κ1) is 16.3. The lowest BCUT2D eigenvalue weighted by Crippen LogP contribution is -2.06. The van der Waals surface area contributed by atoms with Crippen LogP contribution in [-0.2, 0) is 4.79 Å². The highest BCUT2D eigenvalue weighted by Gasteiger charge is 2.09. The summed E-state index contributed by atoms with van der Waals surface area (Å²) < 4.78 is 0. The lowest BCUT2D eigenvalue weighted by molar-refractivity contribution is -0.114. The minimum absolute atomic E-state index is 0.121. The Morgan fingerprint density at radius 2 is 1.88 bits per heavy atom. The summed E-state index contributed by atoms with van der Waals surface area (Å²) in [7, 11) is 0. The Balaban J connectivity index is 2.05. The van der Waals surface area contributed by atoms with Crippen molar-refractivity contribution in [3.05, 3.63) is 58.7 Å². The van der Waals surface area contributed by atoms with E-state index in [1.54, 1.807) is 18.3 Å². The van der Waals surface area contributed by atoms with E-state index in [2.05, 4.69) is 41.6 Å². The molecular weight excluding hydrogens is 322 g/mol. The van der Waals surface area contributed by atoms with Gasteiger partial charge in [-0.05, 0) is 49.7 Å². The van der Waals surface area contributed by atoms with Crippen LogP contribution in [0.25, 0.3) is 10.9 Å². The van der Waals surface area contributed by atoms with Crippen molar-refractivity contribution in [2.75, 3.05) is 10.6 Å². The number of aromatic nitrogens is 1. The fraction of sp³-hybridized carbons (Fsp3) is 0.158. The molecule has 0 aliphatic carbocycles. The van der Waals surface area contributed by atoms with Crippen molar-refractivity contribution in [3.63, 3.8) is 0 Å². The zero-order chi connectivity index (χ0) is 17.3. The van der Waals surface area contributed by atoms with Gasteiger partial charge in [0.25, 0.3) is 0 Å². The average molecular weight is 340 g/mol. The van der Waals surface area contributed by atoms with E-state index in [1.165, 1.54) is 12.5 Å². The number of rotatable bonds is 3. The molecule has 0 spiro atoms. The van der Waals surface area contributed by atoms with Gasteiger partial charge in [0.2, 0.25) is 5.91 Å². The highest BCUT2D eigenvalue weighted by Crippen LogP contribution is 2.32. The maximum Gasteiger partial charge on any atom is 0.221 e. The maximum atomic E-state index is 11.2. The number of benzene rings is 2.